The second kappa shape index (κ2) is 8.06. The molecule has 0 saturated carbocycles. The third kappa shape index (κ3) is 4.12. The van der Waals surface area contributed by atoms with Crippen LogP contribution in [0, 0.1) is 5.82 Å². The van der Waals surface area contributed by atoms with E-state index in [9.17, 15) is 9.18 Å². The van der Waals surface area contributed by atoms with Crippen LogP contribution in [-0.2, 0) is 11.8 Å². The van der Waals surface area contributed by atoms with Crippen molar-refractivity contribution in [3.05, 3.63) is 47.5 Å². The molecule has 1 saturated heterocycles. The van der Waals surface area contributed by atoms with Gasteiger partial charge in [0.05, 0.1) is 37.6 Å². The molecule has 2 aromatic rings. The zero-order chi connectivity index (χ0) is 19.6. The van der Waals surface area contributed by atoms with Crippen LogP contribution in [0.1, 0.15) is 22.0 Å². The van der Waals surface area contributed by atoms with Crippen LogP contribution in [0.5, 0.6) is 5.75 Å². The van der Waals surface area contributed by atoms with Gasteiger partial charge in [-0.3, -0.25) is 9.48 Å². The Balaban J connectivity index is 2.00. The van der Waals surface area contributed by atoms with Gasteiger partial charge in [0.25, 0.3) is 5.91 Å². The number of hydrogen-bond donors (Lipinski definition) is 0. The Morgan fingerprint density at radius 2 is 2.22 bits per heavy atom. The van der Waals surface area contributed by atoms with Crippen molar-refractivity contribution in [2.24, 2.45) is 7.05 Å². The van der Waals surface area contributed by atoms with Gasteiger partial charge in [-0.1, -0.05) is 0 Å². The molecule has 1 amide bonds. The smallest absolute Gasteiger partial charge is 0.258 e. The molecule has 0 spiro atoms. The molecule has 0 N–H and O–H groups in total. The van der Waals surface area contributed by atoms with Crippen molar-refractivity contribution in [2.45, 2.75) is 12.1 Å². The molecule has 146 valence electrons. The summed E-state index contributed by atoms with van der Waals surface area (Å²) in [6.07, 6.45) is 3.40. The van der Waals surface area contributed by atoms with Crippen molar-refractivity contribution in [3.8, 4) is 5.75 Å². The maximum absolute atomic E-state index is 13.8. The molecule has 0 bridgehead atoms. The predicted octanol–water partition coefficient (Wildman–Crippen LogP) is 1.71. The van der Waals surface area contributed by atoms with Crippen LogP contribution < -0.4 is 4.74 Å². The number of likely N-dealkylation sites (N-methyl/N-ethyl adjacent to an activating group) is 1. The number of carbonyl (C=O) groups is 1. The van der Waals surface area contributed by atoms with Crippen molar-refractivity contribution in [1.29, 1.82) is 0 Å². The van der Waals surface area contributed by atoms with Crippen molar-refractivity contribution >= 4 is 5.91 Å². The molecule has 7 nitrogen and oxygen atoms in total. The number of halogens is 1. The molecule has 1 aromatic heterocycles. The quantitative estimate of drug-likeness (QED) is 0.795. The lowest BCUT2D eigenvalue weighted by molar-refractivity contribution is -0.0685. The number of benzene rings is 1. The van der Waals surface area contributed by atoms with Crippen molar-refractivity contribution in [3.63, 3.8) is 0 Å². The maximum Gasteiger partial charge on any atom is 0.258 e. The van der Waals surface area contributed by atoms with Crippen LogP contribution in [0.15, 0.2) is 30.6 Å². The Hall–Kier alpha value is -2.45. The van der Waals surface area contributed by atoms with Gasteiger partial charge in [-0.2, -0.15) is 5.10 Å². The Morgan fingerprint density at radius 1 is 1.44 bits per heavy atom. The lowest BCUT2D eigenvalue weighted by Gasteiger charge is -2.42. The van der Waals surface area contributed by atoms with E-state index in [0.29, 0.717) is 25.4 Å². The number of morpholine rings is 1. The number of ether oxygens (including phenoxy) is 2. The highest BCUT2D eigenvalue weighted by Gasteiger charge is 2.38. The van der Waals surface area contributed by atoms with Gasteiger partial charge in [0.15, 0.2) is 0 Å². The highest BCUT2D eigenvalue weighted by molar-refractivity contribution is 5.97. The minimum Gasteiger partial charge on any atom is -0.496 e. The summed E-state index contributed by atoms with van der Waals surface area (Å²) in [4.78, 5) is 17.1. The summed E-state index contributed by atoms with van der Waals surface area (Å²) in [6, 6.07) is 3.65. The zero-order valence-corrected chi connectivity index (χ0v) is 16.1. The summed E-state index contributed by atoms with van der Waals surface area (Å²) in [5, 5.41) is 4.24. The first-order valence-corrected chi connectivity index (χ1v) is 8.80. The predicted molar refractivity (Wildman–Crippen MR) is 98.2 cm³/mol. The van der Waals surface area contributed by atoms with Crippen LogP contribution in [-0.4, -0.2) is 72.5 Å². The normalized spacial score (nSPS) is 20.1. The number of hydrogen-bond acceptors (Lipinski definition) is 5. The van der Waals surface area contributed by atoms with Crippen molar-refractivity contribution < 1.29 is 18.7 Å². The van der Waals surface area contributed by atoms with Gasteiger partial charge >= 0.3 is 0 Å². The highest BCUT2D eigenvalue weighted by atomic mass is 19.1. The first-order valence-electron chi connectivity index (χ1n) is 8.80. The molecule has 0 aliphatic carbocycles. The lowest BCUT2D eigenvalue weighted by Crippen LogP contribution is -2.51. The number of carbonyl (C=O) groups excluding carboxylic acids is 1. The van der Waals surface area contributed by atoms with Gasteiger partial charge in [0.1, 0.15) is 11.6 Å². The molecule has 1 aliphatic rings. The Morgan fingerprint density at radius 3 is 2.85 bits per heavy atom. The van der Waals surface area contributed by atoms with Gasteiger partial charge in [-0.05, 0) is 32.3 Å². The molecular formula is C19H25FN4O3. The maximum atomic E-state index is 13.8. The van der Waals surface area contributed by atoms with Gasteiger partial charge in [-0.25, -0.2) is 4.39 Å². The Labute approximate surface area is 158 Å². The van der Waals surface area contributed by atoms with E-state index in [4.69, 9.17) is 9.47 Å². The van der Waals surface area contributed by atoms with Crippen LogP contribution in [0.2, 0.25) is 0 Å². The van der Waals surface area contributed by atoms with Crippen molar-refractivity contribution in [2.75, 3.05) is 40.9 Å². The van der Waals surface area contributed by atoms with Gasteiger partial charge in [-0.15, -0.1) is 0 Å². The van der Waals surface area contributed by atoms with Crippen LogP contribution in [0.3, 0.4) is 0 Å². The summed E-state index contributed by atoms with van der Waals surface area (Å²) in [5.74, 6) is -0.413. The van der Waals surface area contributed by atoms with E-state index in [0.717, 1.165) is 5.56 Å². The molecule has 1 aromatic carbocycles. The number of nitrogens with zero attached hydrogens (tertiary/aromatic N) is 4. The van der Waals surface area contributed by atoms with E-state index >= 15 is 0 Å². The summed E-state index contributed by atoms with van der Waals surface area (Å²) < 4.78 is 26.8. The zero-order valence-electron chi connectivity index (χ0n) is 16.1. The van der Waals surface area contributed by atoms with Crippen molar-refractivity contribution in [1.82, 2.24) is 19.6 Å². The lowest BCUT2D eigenvalue weighted by atomic mass is 9.99. The molecule has 1 fully saturated rings. The molecule has 0 unspecified atom stereocenters. The van der Waals surface area contributed by atoms with Crippen LogP contribution in [0.4, 0.5) is 4.39 Å². The molecule has 3 rings (SSSR count). The SMILES string of the molecule is COc1ccc(F)cc1C(=O)N1CCO[C@@H](CN(C)C)[C@@H]1c1cnn(C)c1. The summed E-state index contributed by atoms with van der Waals surface area (Å²) >= 11 is 0. The fourth-order valence-electron chi connectivity index (χ4n) is 3.46. The third-order valence-corrected chi connectivity index (χ3v) is 4.62. The molecular weight excluding hydrogens is 351 g/mol. The standard InChI is InChI=1S/C19H25FN4O3/c1-22(2)12-17-18(13-10-21-23(3)11-13)24(7-8-27-17)19(25)15-9-14(20)5-6-16(15)26-4/h5-6,9-11,17-18H,7-8,12H2,1-4H3/t17-,18-/m0/s1. The van der Waals surface area contributed by atoms with Gasteiger partial charge in [0, 0.05) is 31.9 Å². The molecule has 1 aliphatic heterocycles. The summed E-state index contributed by atoms with van der Waals surface area (Å²) in [5.41, 5.74) is 1.09. The first kappa shape index (κ1) is 19.3. The highest BCUT2D eigenvalue weighted by Crippen LogP contribution is 2.33. The molecule has 2 heterocycles. The second-order valence-corrected chi connectivity index (χ2v) is 6.91. The van der Waals surface area contributed by atoms with Crippen LogP contribution >= 0.6 is 0 Å². The van der Waals surface area contributed by atoms with E-state index in [1.165, 1.54) is 25.3 Å². The number of methoxy groups -OCH3 is 1. The molecule has 27 heavy (non-hydrogen) atoms. The van der Waals surface area contributed by atoms with Crippen LogP contribution in [0.25, 0.3) is 0 Å². The van der Waals surface area contributed by atoms with E-state index < -0.39 is 5.82 Å². The minimum atomic E-state index is -0.477. The van der Waals surface area contributed by atoms with Gasteiger partial charge in [0.2, 0.25) is 0 Å². The fourth-order valence-corrected chi connectivity index (χ4v) is 3.46. The monoisotopic (exact) mass is 376 g/mol. The number of aromatic nitrogens is 2. The summed E-state index contributed by atoms with van der Waals surface area (Å²) in [6.45, 7) is 1.46. The van der Waals surface area contributed by atoms with E-state index in [1.807, 2.05) is 32.2 Å². The summed E-state index contributed by atoms with van der Waals surface area (Å²) in [7, 11) is 7.22. The molecule has 8 heteroatoms. The number of amides is 1. The average Bonchev–Trinajstić information content (AvgIpc) is 3.06. The number of aryl methyl sites for hydroxylation is 1. The van der Waals surface area contributed by atoms with E-state index in [-0.39, 0.29) is 23.6 Å². The largest absolute Gasteiger partial charge is 0.496 e. The molecule has 0 radical (unpaired) electrons. The first-order chi connectivity index (χ1) is 12.9. The Bertz CT molecular complexity index is 808. The minimum absolute atomic E-state index is 0.205. The molecule has 2 atom stereocenters. The topological polar surface area (TPSA) is 59.8 Å². The van der Waals surface area contributed by atoms with Gasteiger partial charge < -0.3 is 19.3 Å². The van der Waals surface area contributed by atoms with E-state index in [2.05, 4.69) is 5.10 Å². The Kier molecular flexibility index (Phi) is 5.76. The average molecular weight is 376 g/mol. The second-order valence-electron chi connectivity index (χ2n) is 6.91. The van der Waals surface area contributed by atoms with E-state index in [1.54, 1.807) is 15.8 Å². The third-order valence-electron chi connectivity index (χ3n) is 4.62. The fraction of sp³-hybridized carbons (Fsp3) is 0.474. The number of rotatable bonds is 5.